The van der Waals surface area contributed by atoms with E-state index in [1.54, 1.807) is 17.5 Å². The van der Waals surface area contributed by atoms with E-state index < -0.39 is 0 Å². The first-order chi connectivity index (χ1) is 11.1. The monoisotopic (exact) mass is 333 g/mol. The van der Waals surface area contributed by atoms with Crippen molar-refractivity contribution in [1.82, 2.24) is 25.0 Å². The van der Waals surface area contributed by atoms with Crippen LogP contribution in [0.2, 0.25) is 0 Å². The second kappa shape index (κ2) is 7.23. The molecule has 2 aromatic rings. The van der Waals surface area contributed by atoms with Crippen molar-refractivity contribution in [2.24, 2.45) is 5.92 Å². The number of amides is 1. The Morgan fingerprint density at radius 3 is 3.13 bits per heavy atom. The van der Waals surface area contributed by atoms with Gasteiger partial charge in [0.25, 0.3) is 5.91 Å². The molecule has 3 heterocycles. The summed E-state index contributed by atoms with van der Waals surface area (Å²) in [6.45, 7) is 2.56. The van der Waals surface area contributed by atoms with E-state index >= 15 is 0 Å². The summed E-state index contributed by atoms with van der Waals surface area (Å²) in [5, 5.41) is 9.39. The van der Waals surface area contributed by atoms with E-state index in [-0.39, 0.29) is 5.91 Å². The van der Waals surface area contributed by atoms with Crippen LogP contribution in [0.4, 0.5) is 0 Å². The van der Waals surface area contributed by atoms with Gasteiger partial charge >= 0.3 is 0 Å². The van der Waals surface area contributed by atoms with Crippen LogP contribution >= 0.6 is 11.3 Å². The van der Waals surface area contributed by atoms with Gasteiger partial charge in [0.1, 0.15) is 0 Å². The van der Waals surface area contributed by atoms with Crippen LogP contribution in [0, 0.1) is 5.92 Å². The van der Waals surface area contributed by atoms with Crippen molar-refractivity contribution in [1.29, 1.82) is 0 Å². The van der Waals surface area contributed by atoms with Crippen molar-refractivity contribution in [2.45, 2.75) is 25.8 Å². The molecule has 124 valence electrons. The number of fused-ring (bicyclic) bond motifs is 1. The van der Waals surface area contributed by atoms with Gasteiger partial charge in [-0.05, 0) is 32.9 Å². The lowest BCUT2D eigenvalue weighted by molar-refractivity contribution is 0.0952. The molecule has 2 aromatic heterocycles. The van der Waals surface area contributed by atoms with E-state index in [0.29, 0.717) is 12.5 Å². The summed E-state index contributed by atoms with van der Waals surface area (Å²) in [5.74, 6) is 0.572. The smallest absolute Gasteiger partial charge is 0.254 e. The van der Waals surface area contributed by atoms with Crippen molar-refractivity contribution in [2.75, 3.05) is 27.2 Å². The average Bonchev–Trinajstić information content (AvgIpc) is 3.15. The minimum absolute atomic E-state index is 0.0213. The molecular weight excluding hydrogens is 310 g/mol. The average molecular weight is 333 g/mol. The van der Waals surface area contributed by atoms with E-state index in [1.807, 2.05) is 15.6 Å². The third-order valence-electron chi connectivity index (χ3n) is 4.20. The molecule has 6 nitrogen and oxygen atoms in total. The number of thiazole rings is 1. The minimum atomic E-state index is -0.0213. The van der Waals surface area contributed by atoms with Gasteiger partial charge in [0.15, 0.2) is 0 Å². The molecule has 1 unspecified atom stereocenters. The molecule has 1 atom stereocenters. The van der Waals surface area contributed by atoms with E-state index in [2.05, 4.69) is 34.4 Å². The predicted octanol–water partition coefficient (Wildman–Crippen LogP) is 1.44. The highest BCUT2D eigenvalue weighted by Crippen LogP contribution is 2.23. The summed E-state index contributed by atoms with van der Waals surface area (Å²) in [6, 6.07) is 0. The standard InChI is InChI=1S/C16H23N5OS/c1-20(2)9-12-4-6-21-15(7-12)14(8-19-21)16(22)17-5-3-13-10-23-11-18-13/h8,10-12H,3-7,9H2,1-2H3,(H,17,22). The van der Waals surface area contributed by atoms with Crippen molar-refractivity contribution in [3.05, 3.63) is 34.0 Å². The zero-order chi connectivity index (χ0) is 16.2. The molecule has 0 fully saturated rings. The molecule has 3 rings (SSSR count). The second-order valence-corrected chi connectivity index (χ2v) is 7.05. The largest absolute Gasteiger partial charge is 0.352 e. The molecule has 0 aliphatic carbocycles. The van der Waals surface area contributed by atoms with Crippen LogP contribution in [-0.4, -0.2) is 52.8 Å². The highest BCUT2D eigenvalue weighted by atomic mass is 32.1. The molecule has 0 aromatic carbocycles. The van der Waals surface area contributed by atoms with Crippen molar-refractivity contribution in [3.8, 4) is 0 Å². The number of rotatable bonds is 6. The highest BCUT2D eigenvalue weighted by molar-refractivity contribution is 7.07. The number of nitrogens with one attached hydrogen (secondary N) is 1. The number of hydrogen-bond acceptors (Lipinski definition) is 5. The van der Waals surface area contributed by atoms with Gasteiger partial charge in [-0.2, -0.15) is 5.10 Å². The molecule has 1 aliphatic heterocycles. The summed E-state index contributed by atoms with van der Waals surface area (Å²) >= 11 is 1.58. The van der Waals surface area contributed by atoms with Crippen LogP contribution in [0.15, 0.2) is 17.1 Å². The van der Waals surface area contributed by atoms with Gasteiger partial charge in [0, 0.05) is 31.4 Å². The number of carbonyl (C=O) groups is 1. The molecule has 1 aliphatic rings. The van der Waals surface area contributed by atoms with E-state index in [9.17, 15) is 4.79 Å². The van der Waals surface area contributed by atoms with Crippen molar-refractivity contribution >= 4 is 17.2 Å². The third kappa shape index (κ3) is 3.97. The Hall–Kier alpha value is -1.73. The van der Waals surface area contributed by atoms with Crippen LogP contribution < -0.4 is 5.32 Å². The minimum Gasteiger partial charge on any atom is -0.352 e. The van der Waals surface area contributed by atoms with Crippen molar-refractivity contribution in [3.63, 3.8) is 0 Å². The van der Waals surface area contributed by atoms with Gasteiger partial charge in [-0.1, -0.05) is 0 Å². The summed E-state index contributed by atoms with van der Waals surface area (Å²) in [5.41, 5.74) is 4.65. The quantitative estimate of drug-likeness (QED) is 0.869. The number of hydrogen-bond donors (Lipinski definition) is 1. The number of nitrogens with zero attached hydrogens (tertiary/aromatic N) is 4. The molecule has 7 heteroatoms. The Morgan fingerprint density at radius 2 is 2.39 bits per heavy atom. The Kier molecular flexibility index (Phi) is 5.07. The zero-order valence-electron chi connectivity index (χ0n) is 13.7. The van der Waals surface area contributed by atoms with Gasteiger partial charge in [-0.3, -0.25) is 9.48 Å². The fourth-order valence-electron chi connectivity index (χ4n) is 3.12. The topological polar surface area (TPSA) is 63.1 Å². The predicted molar refractivity (Wildman–Crippen MR) is 90.7 cm³/mol. The molecule has 1 N–H and O–H groups in total. The maximum absolute atomic E-state index is 12.4. The molecule has 0 saturated heterocycles. The summed E-state index contributed by atoms with van der Waals surface area (Å²) in [4.78, 5) is 18.9. The first kappa shape index (κ1) is 16.1. The number of aromatic nitrogens is 3. The van der Waals surface area contributed by atoms with E-state index in [4.69, 9.17) is 0 Å². The Balaban J connectivity index is 1.60. The maximum atomic E-state index is 12.4. The lowest BCUT2D eigenvalue weighted by Gasteiger charge is -2.26. The molecule has 1 amide bonds. The molecule has 0 spiro atoms. The fraction of sp³-hybridized carbons (Fsp3) is 0.562. The third-order valence-corrected chi connectivity index (χ3v) is 4.83. The molecule has 0 radical (unpaired) electrons. The highest BCUT2D eigenvalue weighted by Gasteiger charge is 2.25. The number of aryl methyl sites for hydroxylation is 1. The van der Waals surface area contributed by atoms with E-state index in [1.165, 1.54) is 0 Å². The van der Waals surface area contributed by atoms with Crippen LogP contribution in [0.5, 0.6) is 0 Å². The summed E-state index contributed by atoms with van der Waals surface area (Å²) < 4.78 is 1.99. The van der Waals surface area contributed by atoms with Gasteiger partial charge < -0.3 is 10.2 Å². The Morgan fingerprint density at radius 1 is 1.52 bits per heavy atom. The Bertz CT molecular complexity index is 649. The van der Waals surface area contributed by atoms with Crippen molar-refractivity contribution < 1.29 is 4.79 Å². The maximum Gasteiger partial charge on any atom is 0.254 e. The zero-order valence-corrected chi connectivity index (χ0v) is 14.5. The summed E-state index contributed by atoms with van der Waals surface area (Å²) in [7, 11) is 4.19. The first-order valence-electron chi connectivity index (χ1n) is 7.98. The molecule has 0 saturated carbocycles. The lowest BCUT2D eigenvalue weighted by atomic mass is 9.94. The normalized spacial score (nSPS) is 17.3. The second-order valence-electron chi connectivity index (χ2n) is 6.33. The first-order valence-corrected chi connectivity index (χ1v) is 8.92. The van der Waals surface area contributed by atoms with Crippen LogP contribution in [0.25, 0.3) is 0 Å². The molecular formula is C16H23N5OS. The van der Waals surface area contributed by atoms with Gasteiger partial charge in [-0.15, -0.1) is 11.3 Å². The van der Waals surface area contributed by atoms with Crippen LogP contribution in [0.3, 0.4) is 0 Å². The van der Waals surface area contributed by atoms with E-state index in [0.717, 1.165) is 49.3 Å². The fourth-order valence-corrected chi connectivity index (χ4v) is 3.71. The molecule has 0 bridgehead atoms. The van der Waals surface area contributed by atoms with Crippen LogP contribution in [0.1, 0.15) is 28.2 Å². The molecule has 23 heavy (non-hydrogen) atoms. The van der Waals surface area contributed by atoms with Gasteiger partial charge in [0.05, 0.1) is 28.7 Å². The summed E-state index contributed by atoms with van der Waals surface area (Å²) in [6.07, 6.45) is 4.53. The van der Waals surface area contributed by atoms with Gasteiger partial charge in [0.2, 0.25) is 0 Å². The Labute approximate surface area is 140 Å². The SMILES string of the molecule is CN(C)CC1CCn2ncc(C(=O)NCCc3cscn3)c2C1. The van der Waals surface area contributed by atoms with Gasteiger partial charge in [-0.25, -0.2) is 4.98 Å². The number of carbonyl (C=O) groups excluding carboxylic acids is 1. The lowest BCUT2D eigenvalue weighted by Crippen LogP contribution is -2.31. The van der Waals surface area contributed by atoms with Crippen LogP contribution in [-0.2, 0) is 19.4 Å².